The van der Waals surface area contributed by atoms with Crippen LogP contribution in [0.1, 0.15) is 115 Å². The highest BCUT2D eigenvalue weighted by Crippen LogP contribution is 2.31. The van der Waals surface area contributed by atoms with Gasteiger partial charge in [0.05, 0.1) is 0 Å². The highest BCUT2D eigenvalue weighted by Gasteiger charge is 2.46. The molecule has 1 aliphatic rings. The Morgan fingerprint density at radius 3 is 1.57 bits per heavy atom. The van der Waals surface area contributed by atoms with Crippen molar-refractivity contribution in [3.63, 3.8) is 0 Å². The minimum atomic E-state index is -0.894. The molecule has 0 bridgehead atoms. The molecular formula is C26H42N2O2. The van der Waals surface area contributed by atoms with Crippen molar-refractivity contribution in [3.8, 4) is 0 Å². The number of imide groups is 1. The van der Waals surface area contributed by atoms with E-state index in [1.54, 1.807) is 0 Å². The van der Waals surface area contributed by atoms with Crippen molar-refractivity contribution < 1.29 is 9.59 Å². The van der Waals surface area contributed by atoms with E-state index in [4.69, 9.17) is 0 Å². The predicted octanol–water partition coefficient (Wildman–Crippen LogP) is 6.98. The molecule has 2 N–H and O–H groups in total. The Labute approximate surface area is 183 Å². The van der Waals surface area contributed by atoms with Crippen LogP contribution in [0.3, 0.4) is 0 Å². The van der Waals surface area contributed by atoms with Crippen molar-refractivity contribution in [2.45, 2.75) is 115 Å². The summed E-state index contributed by atoms with van der Waals surface area (Å²) in [5.74, 6) is -0.218. The van der Waals surface area contributed by atoms with Crippen LogP contribution < -0.4 is 10.6 Å². The Hall–Kier alpha value is -1.84. The Kier molecular flexibility index (Phi) is 11.6. The summed E-state index contributed by atoms with van der Waals surface area (Å²) in [4.78, 5) is 24.3. The monoisotopic (exact) mass is 414 g/mol. The van der Waals surface area contributed by atoms with Gasteiger partial charge in [0.25, 0.3) is 5.91 Å². The molecular weight excluding hydrogens is 372 g/mol. The average molecular weight is 415 g/mol. The third-order valence-corrected chi connectivity index (χ3v) is 6.36. The van der Waals surface area contributed by atoms with E-state index in [0.717, 1.165) is 18.4 Å². The summed E-state index contributed by atoms with van der Waals surface area (Å²) < 4.78 is 0. The molecule has 1 heterocycles. The average Bonchev–Trinajstić information content (AvgIpc) is 3.05. The summed E-state index contributed by atoms with van der Waals surface area (Å²) in [6, 6.07) is 9.24. The Morgan fingerprint density at radius 1 is 0.667 bits per heavy atom. The molecule has 0 aromatic heterocycles. The van der Waals surface area contributed by atoms with Crippen LogP contribution in [0.4, 0.5) is 4.79 Å². The van der Waals surface area contributed by atoms with Gasteiger partial charge in [-0.25, -0.2) is 4.79 Å². The number of benzene rings is 1. The lowest BCUT2D eigenvalue weighted by Crippen LogP contribution is -2.43. The van der Waals surface area contributed by atoms with Crippen LogP contribution >= 0.6 is 0 Å². The summed E-state index contributed by atoms with van der Waals surface area (Å²) in [6.07, 6.45) is 20.4. The van der Waals surface area contributed by atoms with E-state index < -0.39 is 5.54 Å². The number of hydrogen-bond donors (Lipinski definition) is 2. The number of hydrogen-bond acceptors (Lipinski definition) is 2. The molecule has 0 radical (unpaired) electrons. The van der Waals surface area contributed by atoms with Crippen LogP contribution in [0, 0.1) is 0 Å². The van der Waals surface area contributed by atoms with Crippen LogP contribution in [0.5, 0.6) is 0 Å². The van der Waals surface area contributed by atoms with Gasteiger partial charge in [-0.05, 0) is 12.0 Å². The van der Waals surface area contributed by atoms with E-state index >= 15 is 0 Å². The first kappa shape index (κ1) is 24.4. The Bertz CT molecular complexity index is 617. The van der Waals surface area contributed by atoms with Gasteiger partial charge in [-0.15, -0.1) is 0 Å². The molecule has 0 spiro atoms. The van der Waals surface area contributed by atoms with Gasteiger partial charge in [0, 0.05) is 0 Å². The number of urea groups is 1. The van der Waals surface area contributed by atoms with Crippen LogP contribution in [-0.2, 0) is 10.3 Å². The zero-order chi connectivity index (χ0) is 21.5. The number of amides is 3. The van der Waals surface area contributed by atoms with Gasteiger partial charge in [0.15, 0.2) is 0 Å². The molecule has 1 aromatic rings. The molecule has 1 aliphatic heterocycles. The third kappa shape index (κ3) is 8.12. The molecule has 1 atom stereocenters. The molecule has 3 amide bonds. The molecule has 1 fully saturated rings. The maximum atomic E-state index is 12.5. The fourth-order valence-electron chi connectivity index (χ4n) is 4.50. The molecule has 1 saturated heterocycles. The second kappa shape index (κ2) is 14.2. The van der Waals surface area contributed by atoms with Crippen molar-refractivity contribution in [1.82, 2.24) is 10.6 Å². The van der Waals surface area contributed by atoms with E-state index in [2.05, 4.69) is 17.6 Å². The van der Waals surface area contributed by atoms with Crippen LogP contribution in [0.15, 0.2) is 30.3 Å². The lowest BCUT2D eigenvalue weighted by molar-refractivity contribution is -0.124. The number of nitrogens with one attached hydrogen (secondary N) is 2. The molecule has 0 aliphatic carbocycles. The molecule has 2 rings (SSSR count). The van der Waals surface area contributed by atoms with Crippen LogP contribution in [0.2, 0.25) is 0 Å². The Morgan fingerprint density at radius 2 is 1.13 bits per heavy atom. The molecule has 4 heteroatoms. The molecule has 0 saturated carbocycles. The zero-order valence-electron chi connectivity index (χ0n) is 19.0. The Balaban J connectivity index is 1.52. The quantitative estimate of drug-likeness (QED) is 0.213. The maximum absolute atomic E-state index is 12.5. The summed E-state index contributed by atoms with van der Waals surface area (Å²) in [7, 11) is 0. The van der Waals surface area contributed by atoms with E-state index in [-0.39, 0.29) is 11.9 Å². The topological polar surface area (TPSA) is 58.2 Å². The number of rotatable bonds is 17. The molecule has 30 heavy (non-hydrogen) atoms. The van der Waals surface area contributed by atoms with Crippen molar-refractivity contribution in [1.29, 1.82) is 0 Å². The van der Waals surface area contributed by atoms with Gasteiger partial charge < -0.3 is 5.32 Å². The lowest BCUT2D eigenvalue weighted by Gasteiger charge is -2.26. The predicted molar refractivity (Wildman–Crippen MR) is 124 cm³/mol. The van der Waals surface area contributed by atoms with Crippen molar-refractivity contribution in [3.05, 3.63) is 35.9 Å². The van der Waals surface area contributed by atoms with Crippen LogP contribution in [0.25, 0.3) is 0 Å². The summed E-state index contributed by atoms with van der Waals surface area (Å²) in [5.41, 5.74) is -0.0202. The fraction of sp³-hybridized carbons (Fsp3) is 0.692. The summed E-state index contributed by atoms with van der Waals surface area (Å²) in [5, 5.41) is 5.30. The SMILES string of the molecule is CCCCCCCCCCCCCCCCC[C@]1(c2ccccc2)NC(=O)NC1=O. The largest absolute Gasteiger partial charge is 0.322 e. The van der Waals surface area contributed by atoms with E-state index in [1.807, 2.05) is 30.3 Å². The van der Waals surface area contributed by atoms with Gasteiger partial charge in [-0.3, -0.25) is 10.1 Å². The smallest absolute Gasteiger partial charge is 0.319 e. The molecule has 168 valence electrons. The van der Waals surface area contributed by atoms with E-state index in [0.29, 0.717) is 6.42 Å². The van der Waals surface area contributed by atoms with Gasteiger partial charge >= 0.3 is 6.03 Å². The zero-order valence-corrected chi connectivity index (χ0v) is 19.0. The minimum absolute atomic E-state index is 0.218. The number of carbonyl (C=O) groups is 2. The normalized spacial score (nSPS) is 18.4. The molecule has 4 nitrogen and oxygen atoms in total. The second-order valence-corrected chi connectivity index (χ2v) is 8.88. The first-order valence-electron chi connectivity index (χ1n) is 12.4. The summed E-state index contributed by atoms with van der Waals surface area (Å²) >= 11 is 0. The highest BCUT2D eigenvalue weighted by atomic mass is 16.2. The first-order valence-corrected chi connectivity index (χ1v) is 12.4. The second-order valence-electron chi connectivity index (χ2n) is 8.88. The van der Waals surface area contributed by atoms with Crippen molar-refractivity contribution >= 4 is 11.9 Å². The van der Waals surface area contributed by atoms with Crippen LogP contribution in [-0.4, -0.2) is 11.9 Å². The van der Waals surface area contributed by atoms with E-state index in [1.165, 1.54) is 83.5 Å². The van der Waals surface area contributed by atoms with Gasteiger partial charge in [0.1, 0.15) is 5.54 Å². The highest BCUT2D eigenvalue weighted by molar-refractivity contribution is 6.07. The lowest BCUT2D eigenvalue weighted by atomic mass is 9.84. The van der Waals surface area contributed by atoms with Crippen molar-refractivity contribution in [2.75, 3.05) is 0 Å². The maximum Gasteiger partial charge on any atom is 0.322 e. The fourth-order valence-corrected chi connectivity index (χ4v) is 4.50. The van der Waals surface area contributed by atoms with E-state index in [9.17, 15) is 9.59 Å². The summed E-state index contributed by atoms with van der Waals surface area (Å²) in [6.45, 7) is 2.27. The number of unbranched alkanes of at least 4 members (excludes halogenated alkanes) is 14. The standard InChI is InChI=1S/C26H42N2O2/c1-2-3-4-5-6-7-8-9-10-11-12-13-14-15-19-22-26(23-20-17-16-18-21-23)24(29)27-25(30)28-26/h16-18,20-21H,2-15,19,22H2,1H3,(H2,27,28,29,30)/t26-/m1/s1. The van der Waals surface area contributed by atoms with Gasteiger partial charge in [-0.2, -0.15) is 0 Å². The van der Waals surface area contributed by atoms with Gasteiger partial charge in [0.2, 0.25) is 0 Å². The van der Waals surface area contributed by atoms with Gasteiger partial charge in [-0.1, -0.05) is 134 Å². The number of carbonyl (C=O) groups excluding carboxylic acids is 2. The molecule has 1 aromatic carbocycles. The molecule has 0 unspecified atom stereocenters. The minimum Gasteiger partial charge on any atom is -0.319 e. The third-order valence-electron chi connectivity index (χ3n) is 6.36. The van der Waals surface area contributed by atoms with Crippen molar-refractivity contribution in [2.24, 2.45) is 0 Å². The first-order chi connectivity index (χ1) is 14.7.